The molecular formula is C14H23N3O9S. The topological polar surface area (TPSA) is 233 Å². The molecule has 1 amide bonds. The lowest BCUT2D eigenvalue weighted by Crippen LogP contribution is -2.50. The number of carboxylic acid groups (broad SMARTS) is 1. The highest BCUT2D eigenvalue weighted by Crippen LogP contribution is 2.05. The first-order valence-corrected chi connectivity index (χ1v) is 8.38. The molecule has 13 heteroatoms. The number of amides is 1. The van der Waals surface area contributed by atoms with Gasteiger partial charge in [0.25, 0.3) is 0 Å². The summed E-state index contributed by atoms with van der Waals surface area (Å²) in [6.45, 7) is 0. The number of esters is 1. The number of carbonyl (C=O) groups is 3. The fourth-order valence-corrected chi connectivity index (χ4v) is 1.74. The van der Waals surface area contributed by atoms with E-state index in [9.17, 15) is 14.4 Å². The Morgan fingerprint density at radius 3 is 2.15 bits per heavy atom. The van der Waals surface area contributed by atoms with Crippen molar-refractivity contribution in [3.8, 4) is 0 Å². The Balaban J connectivity index is 0. The molecule has 1 aromatic rings. The smallest absolute Gasteiger partial charge is 0.328 e. The number of nitrogens with two attached hydrogens (primary N) is 1. The summed E-state index contributed by atoms with van der Waals surface area (Å²) in [5, 5.41) is 11.0. The summed E-state index contributed by atoms with van der Waals surface area (Å²) in [4.78, 5) is 34.0. The fraction of sp³-hybridized carbons (Fsp3) is 0.357. The van der Waals surface area contributed by atoms with Crippen molar-refractivity contribution in [2.24, 2.45) is 5.73 Å². The van der Waals surface area contributed by atoms with Crippen LogP contribution in [0.1, 0.15) is 12.0 Å². The molecule has 1 aromatic carbocycles. The standard InChI is InChI=1S/C14H18N2O5.H3N.H2O4S/c1-21-14(20)11(7-9-5-3-2-4-6-9)16-13(19)10(15)8-12(17)18;;1-5(2,3)4/h2-6,10-11H,7-8,15H2,1H3,(H,16,19)(H,17,18);1H3;(H2,1,2,3,4)/t10-,11-;;/m0../s1. The average Bonchev–Trinajstić information content (AvgIpc) is 2.52. The van der Waals surface area contributed by atoms with Crippen molar-refractivity contribution >= 4 is 28.2 Å². The number of aliphatic carboxylic acids is 1. The Kier molecular flexibility index (Phi) is 12.6. The van der Waals surface area contributed by atoms with Gasteiger partial charge < -0.3 is 31.6 Å². The largest absolute Gasteiger partial charge is 0.726 e. The molecule has 0 saturated heterocycles. The van der Waals surface area contributed by atoms with Gasteiger partial charge in [0, 0.05) is 6.42 Å². The van der Waals surface area contributed by atoms with Gasteiger partial charge in [0.1, 0.15) is 6.04 Å². The zero-order valence-electron chi connectivity index (χ0n) is 14.7. The molecule has 2 atom stereocenters. The lowest BCUT2D eigenvalue weighted by Gasteiger charge is -2.18. The van der Waals surface area contributed by atoms with E-state index in [1.165, 1.54) is 7.11 Å². The van der Waals surface area contributed by atoms with Gasteiger partial charge in [-0.2, -0.15) is 0 Å². The van der Waals surface area contributed by atoms with E-state index in [0.717, 1.165) is 5.56 Å². The molecule has 154 valence electrons. The van der Waals surface area contributed by atoms with Crippen LogP contribution >= 0.6 is 0 Å². The second-order valence-electron chi connectivity index (χ2n) is 4.91. The quantitative estimate of drug-likeness (QED) is 0.211. The van der Waals surface area contributed by atoms with E-state index < -0.39 is 46.7 Å². The maximum absolute atomic E-state index is 11.8. The zero-order valence-corrected chi connectivity index (χ0v) is 15.5. The molecule has 0 aliphatic carbocycles. The van der Waals surface area contributed by atoms with Crippen LogP contribution in [0.3, 0.4) is 0 Å². The van der Waals surface area contributed by atoms with Gasteiger partial charge >= 0.3 is 11.9 Å². The second kappa shape index (κ2) is 12.7. The zero-order chi connectivity index (χ0) is 20.3. The number of carboxylic acids is 1. The highest BCUT2D eigenvalue weighted by molar-refractivity contribution is 7.79. The van der Waals surface area contributed by atoms with Gasteiger partial charge in [0.15, 0.2) is 0 Å². The van der Waals surface area contributed by atoms with Gasteiger partial charge in [-0.1, -0.05) is 30.3 Å². The van der Waals surface area contributed by atoms with E-state index in [0.29, 0.717) is 0 Å². The van der Waals surface area contributed by atoms with Crippen LogP contribution in [0.2, 0.25) is 0 Å². The average molecular weight is 409 g/mol. The fourth-order valence-electron chi connectivity index (χ4n) is 1.74. The monoisotopic (exact) mass is 409 g/mol. The Hall–Kier alpha value is -2.58. The Morgan fingerprint density at radius 1 is 1.26 bits per heavy atom. The Bertz CT molecular complexity index is 702. The molecule has 9 N–H and O–H groups in total. The molecule has 0 radical (unpaired) electrons. The van der Waals surface area contributed by atoms with Crippen molar-refractivity contribution in [3.63, 3.8) is 0 Å². The maximum Gasteiger partial charge on any atom is 0.328 e. The summed E-state index contributed by atoms with van der Waals surface area (Å²) in [6.07, 6.45) is -0.274. The Morgan fingerprint density at radius 2 is 1.74 bits per heavy atom. The summed E-state index contributed by atoms with van der Waals surface area (Å²) >= 11 is 0. The third-order valence-electron chi connectivity index (χ3n) is 2.82. The third-order valence-corrected chi connectivity index (χ3v) is 2.82. The van der Waals surface area contributed by atoms with E-state index in [-0.39, 0.29) is 12.6 Å². The number of hydrogen-bond acceptors (Lipinski definition) is 8. The SMILES string of the molecule is COC(=O)[C@H](Cc1ccccc1)NC(=O)[C@@H](N)CC(=O)O.O=S(=O)([O-])O.[NH4+]. The van der Waals surface area contributed by atoms with E-state index in [1.807, 2.05) is 18.2 Å². The van der Waals surface area contributed by atoms with Crippen molar-refractivity contribution in [1.82, 2.24) is 11.5 Å². The lowest BCUT2D eigenvalue weighted by molar-refractivity contribution is -0.145. The molecule has 1 rings (SSSR count). The Labute approximate surface area is 155 Å². The first kappa shape index (κ1) is 26.6. The van der Waals surface area contributed by atoms with Crippen molar-refractivity contribution < 1.29 is 41.8 Å². The van der Waals surface area contributed by atoms with Gasteiger partial charge in [-0.05, 0) is 5.56 Å². The number of benzene rings is 1. The molecule has 0 saturated carbocycles. The number of carbonyl (C=O) groups excluding carboxylic acids is 2. The highest BCUT2D eigenvalue weighted by atomic mass is 32.3. The number of rotatable bonds is 7. The summed E-state index contributed by atoms with van der Waals surface area (Å²) in [7, 11) is -3.70. The van der Waals surface area contributed by atoms with Crippen LogP contribution < -0.4 is 17.2 Å². The summed E-state index contributed by atoms with van der Waals surface area (Å²) in [5.41, 5.74) is 6.29. The molecule has 27 heavy (non-hydrogen) atoms. The molecule has 0 fully saturated rings. The predicted molar refractivity (Wildman–Crippen MR) is 92.6 cm³/mol. The molecule has 0 bridgehead atoms. The lowest BCUT2D eigenvalue weighted by atomic mass is 10.1. The van der Waals surface area contributed by atoms with Crippen molar-refractivity contribution in [2.75, 3.05) is 7.11 Å². The highest BCUT2D eigenvalue weighted by Gasteiger charge is 2.25. The number of nitrogens with one attached hydrogen (secondary N) is 1. The van der Waals surface area contributed by atoms with E-state index in [2.05, 4.69) is 10.1 Å². The van der Waals surface area contributed by atoms with Gasteiger partial charge in [-0.25, -0.2) is 13.2 Å². The van der Waals surface area contributed by atoms with Crippen LogP contribution in [-0.2, 0) is 35.9 Å². The summed E-state index contributed by atoms with van der Waals surface area (Å²) in [6, 6.07) is 6.93. The minimum Gasteiger partial charge on any atom is -0.726 e. The third kappa shape index (κ3) is 14.3. The van der Waals surface area contributed by atoms with Crippen molar-refractivity contribution in [1.29, 1.82) is 0 Å². The molecule has 0 spiro atoms. The first-order chi connectivity index (χ1) is 11.9. The second-order valence-corrected chi connectivity index (χ2v) is 5.76. The molecular weight excluding hydrogens is 386 g/mol. The predicted octanol–water partition coefficient (Wildman–Crippen LogP) is -0.930. The van der Waals surface area contributed by atoms with Crippen LogP contribution in [-0.4, -0.2) is 59.7 Å². The molecule has 0 unspecified atom stereocenters. The van der Waals surface area contributed by atoms with Crippen molar-refractivity contribution in [2.45, 2.75) is 24.9 Å². The van der Waals surface area contributed by atoms with Crippen LogP contribution in [0.25, 0.3) is 0 Å². The van der Waals surface area contributed by atoms with Crippen LogP contribution in [0.4, 0.5) is 0 Å². The maximum atomic E-state index is 11.8. The number of ether oxygens (including phenoxy) is 1. The van der Waals surface area contributed by atoms with Gasteiger partial charge in [-0.3, -0.25) is 14.1 Å². The van der Waals surface area contributed by atoms with Gasteiger partial charge in [0.05, 0.1) is 19.6 Å². The normalized spacial score (nSPS) is 12.3. The number of methoxy groups -OCH3 is 1. The van der Waals surface area contributed by atoms with Crippen molar-refractivity contribution in [3.05, 3.63) is 35.9 Å². The van der Waals surface area contributed by atoms with E-state index in [4.69, 9.17) is 28.4 Å². The van der Waals surface area contributed by atoms with Crippen LogP contribution in [0.5, 0.6) is 0 Å². The molecule has 0 aromatic heterocycles. The molecule has 12 nitrogen and oxygen atoms in total. The van der Waals surface area contributed by atoms with Gasteiger partial charge in [-0.15, -0.1) is 0 Å². The molecule has 0 aliphatic heterocycles. The minimum atomic E-state index is -4.92. The minimum absolute atomic E-state index is 0. The molecule has 0 aliphatic rings. The van der Waals surface area contributed by atoms with E-state index >= 15 is 0 Å². The van der Waals surface area contributed by atoms with Crippen LogP contribution in [0, 0.1) is 0 Å². The first-order valence-electron chi connectivity index (χ1n) is 7.01. The molecule has 0 heterocycles. The van der Waals surface area contributed by atoms with Crippen LogP contribution in [0.15, 0.2) is 30.3 Å². The summed E-state index contributed by atoms with van der Waals surface area (Å²) < 4.78 is 37.5. The summed E-state index contributed by atoms with van der Waals surface area (Å²) in [5.74, 6) is -2.51. The van der Waals surface area contributed by atoms with Gasteiger partial charge in [0.2, 0.25) is 16.3 Å². The number of quaternary nitrogens is 1. The number of hydrogen-bond donors (Lipinski definition) is 5. The van der Waals surface area contributed by atoms with E-state index in [1.54, 1.807) is 12.1 Å².